The molecule has 6 atom stereocenters. The lowest BCUT2D eigenvalue weighted by Gasteiger charge is -2.40. The van der Waals surface area contributed by atoms with Gasteiger partial charge in [0.1, 0.15) is 25.4 Å². The lowest BCUT2D eigenvalue weighted by Crippen LogP contribution is -2.53. The number of ether oxygens (including phenoxy) is 4. The second kappa shape index (κ2) is 11.1. The van der Waals surface area contributed by atoms with Crippen LogP contribution in [0.3, 0.4) is 0 Å². The maximum absolute atomic E-state index is 13.5. The molecule has 3 aliphatic carbocycles. The molecule has 4 rings (SSSR count). The van der Waals surface area contributed by atoms with E-state index in [2.05, 4.69) is 4.74 Å². The second-order valence-electron chi connectivity index (χ2n) is 11.9. The zero-order valence-corrected chi connectivity index (χ0v) is 23.4. The average molecular weight is 596 g/mol. The zero-order chi connectivity index (χ0) is 29.6. The van der Waals surface area contributed by atoms with E-state index in [9.17, 15) is 36.4 Å². The zero-order valence-electron chi connectivity index (χ0n) is 22.5. The normalized spacial score (nSPS) is 30.4. The average Bonchev–Trinajstić information content (AvgIpc) is 3.45. The SMILES string of the molecule is CC(C)(C)N1C(=O)C2C3CC(C(OC(=O)COCC(=O)OCC(F)(F)S(=O)(=O)O)C31)C2C(=O)OC1CCCCC1. The van der Waals surface area contributed by atoms with Crippen LogP contribution in [0.25, 0.3) is 0 Å². The first kappa shape index (κ1) is 30.6. The molecule has 0 aromatic rings. The Hall–Kier alpha value is -2.39. The summed E-state index contributed by atoms with van der Waals surface area (Å²) in [4.78, 5) is 52.9. The molecule has 2 bridgehead atoms. The van der Waals surface area contributed by atoms with E-state index in [1.807, 2.05) is 20.8 Å². The smallest absolute Gasteiger partial charge is 0.402 e. The highest BCUT2D eigenvalue weighted by molar-refractivity contribution is 7.86. The first-order chi connectivity index (χ1) is 18.5. The van der Waals surface area contributed by atoms with Crippen LogP contribution in [0.2, 0.25) is 0 Å². The number of nitrogens with zero attached hydrogens (tertiary/aromatic N) is 1. The molecule has 1 aliphatic heterocycles. The molecule has 0 spiro atoms. The van der Waals surface area contributed by atoms with Gasteiger partial charge in [-0.1, -0.05) is 6.42 Å². The summed E-state index contributed by atoms with van der Waals surface area (Å²) in [6.07, 6.45) is 4.05. The van der Waals surface area contributed by atoms with E-state index in [1.54, 1.807) is 4.90 Å². The lowest BCUT2D eigenvalue weighted by molar-refractivity contribution is -0.171. The number of hydrogen-bond acceptors (Lipinski definition) is 10. The van der Waals surface area contributed by atoms with Gasteiger partial charge in [-0.15, -0.1) is 0 Å². The second-order valence-corrected chi connectivity index (χ2v) is 13.4. The molecular formula is C25H35F2NO11S. The van der Waals surface area contributed by atoms with Gasteiger partial charge in [-0.2, -0.15) is 17.2 Å². The number of halogens is 2. The molecule has 226 valence electrons. The van der Waals surface area contributed by atoms with Gasteiger partial charge in [0, 0.05) is 11.5 Å². The van der Waals surface area contributed by atoms with Gasteiger partial charge >= 0.3 is 33.3 Å². The number of carbonyl (C=O) groups excluding carboxylic acids is 4. The van der Waals surface area contributed by atoms with Gasteiger partial charge in [0.05, 0.1) is 17.9 Å². The molecule has 0 radical (unpaired) electrons. The van der Waals surface area contributed by atoms with E-state index >= 15 is 0 Å². The quantitative estimate of drug-likeness (QED) is 0.222. The number of rotatable bonds is 10. The summed E-state index contributed by atoms with van der Waals surface area (Å²) in [5.41, 5.74) is -0.610. The number of esters is 3. The van der Waals surface area contributed by atoms with Gasteiger partial charge in [-0.3, -0.25) is 14.1 Å². The summed E-state index contributed by atoms with van der Waals surface area (Å²) >= 11 is 0. The molecule has 1 heterocycles. The van der Waals surface area contributed by atoms with Gasteiger partial charge in [0.2, 0.25) is 5.91 Å². The van der Waals surface area contributed by atoms with Crippen molar-refractivity contribution in [2.75, 3.05) is 19.8 Å². The maximum Gasteiger partial charge on any atom is 0.402 e. The van der Waals surface area contributed by atoms with Gasteiger partial charge in [-0.25, -0.2) is 9.59 Å². The van der Waals surface area contributed by atoms with E-state index in [0.29, 0.717) is 6.42 Å². The van der Waals surface area contributed by atoms with Gasteiger partial charge in [0.25, 0.3) is 0 Å². The van der Waals surface area contributed by atoms with Crippen molar-refractivity contribution in [3.05, 3.63) is 0 Å². The Bertz CT molecular complexity index is 1130. The summed E-state index contributed by atoms with van der Waals surface area (Å²) in [6.45, 7) is 1.91. The Morgan fingerprint density at radius 2 is 1.62 bits per heavy atom. The highest BCUT2D eigenvalue weighted by Gasteiger charge is 2.72. The van der Waals surface area contributed by atoms with Gasteiger partial charge in [0.15, 0.2) is 6.61 Å². The molecule has 4 aliphatic rings. The van der Waals surface area contributed by atoms with Crippen LogP contribution in [-0.4, -0.2) is 90.5 Å². The largest absolute Gasteiger partial charge is 0.462 e. The van der Waals surface area contributed by atoms with Crippen LogP contribution in [-0.2, 0) is 48.2 Å². The van der Waals surface area contributed by atoms with E-state index in [-0.39, 0.29) is 17.9 Å². The minimum atomic E-state index is -5.78. The van der Waals surface area contributed by atoms with Crippen LogP contribution >= 0.6 is 0 Å². The number of amides is 1. The summed E-state index contributed by atoms with van der Waals surface area (Å²) in [5.74, 6) is -4.86. The molecule has 1 amide bonds. The van der Waals surface area contributed by atoms with Crippen LogP contribution in [0, 0.1) is 23.7 Å². The van der Waals surface area contributed by atoms with Crippen molar-refractivity contribution < 1.29 is 59.9 Å². The van der Waals surface area contributed by atoms with Crippen molar-refractivity contribution in [1.82, 2.24) is 4.90 Å². The predicted octanol–water partition coefficient (Wildman–Crippen LogP) is 1.71. The van der Waals surface area contributed by atoms with E-state index < -0.39 is 88.5 Å². The molecular weight excluding hydrogens is 560 g/mol. The number of alkyl halides is 2. The highest BCUT2D eigenvalue weighted by atomic mass is 32.2. The Kier molecular flexibility index (Phi) is 8.50. The molecule has 0 aromatic heterocycles. The Labute approximate surface area is 230 Å². The van der Waals surface area contributed by atoms with Crippen LogP contribution < -0.4 is 0 Å². The number of likely N-dealkylation sites (tertiary alicyclic amines) is 1. The van der Waals surface area contributed by atoms with Gasteiger partial charge < -0.3 is 23.8 Å². The monoisotopic (exact) mass is 595 g/mol. The molecule has 0 aromatic carbocycles. The van der Waals surface area contributed by atoms with E-state index in [0.717, 1.165) is 32.1 Å². The summed E-state index contributed by atoms with van der Waals surface area (Å²) in [6, 6.07) is -0.446. The maximum atomic E-state index is 13.5. The predicted molar refractivity (Wildman–Crippen MR) is 130 cm³/mol. The summed E-state index contributed by atoms with van der Waals surface area (Å²) in [5, 5.41) is -4.70. The van der Waals surface area contributed by atoms with Crippen molar-refractivity contribution in [3.8, 4) is 0 Å². The van der Waals surface area contributed by atoms with Crippen molar-refractivity contribution in [3.63, 3.8) is 0 Å². The van der Waals surface area contributed by atoms with Crippen molar-refractivity contribution in [1.29, 1.82) is 0 Å². The standard InChI is InChI=1S/C25H35F2NO11S/c1-24(2,3)28-20-14-9-15(19(18(14)22(28)31)23(32)38-13-7-5-4-6-8-13)21(20)39-17(30)11-36-10-16(29)37-12-25(26,27)40(33,34)35/h13-15,18-21H,4-12H2,1-3H3,(H,33,34,35). The molecule has 1 saturated heterocycles. The fourth-order valence-electron chi connectivity index (χ4n) is 6.68. The first-order valence-electron chi connectivity index (χ1n) is 13.3. The fraction of sp³-hybridized carbons (Fsp3) is 0.840. The number of carbonyl (C=O) groups is 4. The Morgan fingerprint density at radius 3 is 2.23 bits per heavy atom. The molecule has 40 heavy (non-hydrogen) atoms. The third-order valence-electron chi connectivity index (χ3n) is 8.19. The van der Waals surface area contributed by atoms with Crippen molar-refractivity contribution in [2.24, 2.45) is 23.7 Å². The molecule has 1 N–H and O–H groups in total. The van der Waals surface area contributed by atoms with Crippen LogP contribution in [0.15, 0.2) is 0 Å². The molecule has 15 heteroatoms. The third kappa shape index (κ3) is 5.96. The third-order valence-corrected chi connectivity index (χ3v) is 9.06. The topological polar surface area (TPSA) is 163 Å². The Balaban J connectivity index is 1.38. The minimum Gasteiger partial charge on any atom is -0.462 e. The number of fused-ring (bicyclic) bond motifs is 1. The first-order valence-corrected chi connectivity index (χ1v) is 14.8. The van der Waals surface area contributed by atoms with Crippen LogP contribution in [0.5, 0.6) is 0 Å². The summed E-state index contributed by atoms with van der Waals surface area (Å²) < 4.78 is 76.5. The number of hydrogen-bond donors (Lipinski definition) is 1. The molecule has 6 unspecified atom stereocenters. The summed E-state index contributed by atoms with van der Waals surface area (Å²) in [7, 11) is -5.78. The van der Waals surface area contributed by atoms with Crippen LogP contribution in [0.4, 0.5) is 8.78 Å². The molecule has 4 fully saturated rings. The highest BCUT2D eigenvalue weighted by Crippen LogP contribution is 2.61. The van der Waals surface area contributed by atoms with Crippen molar-refractivity contribution >= 4 is 33.9 Å². The molecule has 3 saturated carbocycles. The van der Waals surface area contributed by atoms with Crippen LogP contribution in [0.1, 0.15) is 59.3 Å². The fourth-order valence-corrected chi connectivity index (χ4v) is 6.88. The van der Waals surface area contributed by atoms with E-state index in [1.165, 1.54) is 0 Å². The van der Waals surface area contributed by atoms with E-state index in [4.69, 9.17) is 18.8 Å². The Morgan fingerprint density at radius 1 is 1.00 bits per heavy atom. The van der Waals surface area contributed by atoms with Gasteiger partial charge in [-0.05, 0) is 58.8 Å². The lowest BCUT2D eigenvalue weighted by atomic mass is 9.78. The molecule has 12 nitrogen and oxygen atoms in total. The van der Waals surface area contributed by atoms with Crippen molar-refractivity contribution in [2.45, 2.75) is 88.3 Å². The minimum absolute atomic E-state index is 0.171.